The average Bonchev–Trinajstić information content (AvgIpc) is 3.00. The maximum Gasteiger partial charge on any atom is 0.221 e. The summed E-state index contributed by atoms with van der Waals surface area (Å²) in [6, 6.07) is 36.8. The Kier molecular flexibility index (Phi) is 9.70. The van der Waals surface area contributed by atoms with Crippen molar-refractivity contribution >= 4 is 47.3 Å². The number of carbonyl (C=O) groups excluding carboxylic acids is 2. The molecule has 2 N–H and O–H groups in total. The van der Waals surface area contributed by atoms with E-state index in [1.807, 2.05) is 121 Å². The average molecular weight is 559 g/mol. The molecule has 6 nitrogen and oxygen atoms in total. The molecule has 0 bridgehead atoms. The number of amides is 2. The fraction of sp³-hybridized carbons (Fsp3) is 0.161. The van der Waals surface area contributed by atoms with Gasteiger partial charge in [0.05, 0.1) is 6.67 Å². The van der Waals surface area contributed by atoms with Crippen LogP contribution in [0.15, 0.2) is 121 Å². The second kappa shape index (κ2) is 13.4. The molecule has 39 heavy (non-hydrogen) atoms. The third-order valence-corrected chi connectivity index (χ3v) is 12.8. The van der Waals surface area contributed by atoms with E-state index in [4.69, 9.17) is 0 Å². The lowest BCUT2D eigenvalue weighted by Crippen LogP contribution is -2.38. The molecule has 2 amide bonds. The minimum atomic E-state index is -3.00. The Labute approximate surface area is 229 Å². The van der Waals surface area contributed by atoms with E-state index in [1.165, 1.54) is 0 Å². The summed E-state index contributed by atoms with van der Waals surface area (Å²) in [7, 11) is -5.99. The number of nitrogens with one attached hydrogen (secondary N) is 2. The van der Waals surface area contributed by atoms with Crippen LogP contribution in [0.2, 0.25) is 0 Å². The SMILES string of the molecule is O=C(CCP(=O)(c1ccccc1)c1ccccc1)NCNC(=O)CCP(=O)(c1ccccc1)c1ccccc1. The van der Waals surface area contributed by atoms with Gasteiger partial charge < -0.3 is 19.8 Å². The maximum absolute atomic E-state index is 14.0. The molecule has 0 aliphatic carbocycles. The Bertz CT molecular complexity index is 1260. The lowest BCUT2D eigenvalue weighted by molar-refractivity contribution is -0.122. The summed E-state index contributed by atoms with van der Waals surface area (Å²) in [6.07, 6.45) is 0.457. The van der Waals surface area contributed by atoms with Crippen molar-refractivity contribution in [3.05, 3.63) is 121 Å². The van der Waals surface area contributed by atoms with Crippen LogP contribution in [-0.2, 0) is 18.7 Å². The van der Waals surface area contributed by atoms with E-state index in [0.717, 1.165) is 0 Å². The van der Waals surface area contributed by atoms with Crippen molar-refractivity contribution in [1.29, 1.82) is 0 Å². The van der Waals surface area contributed by atoms with E-state index in [9.17, 15) is 18.7 Å². The number of hydrogen-bond donors (Lipinski definition) is 2. The predicted molar refractivity (Wildman–Crippen MR) is 160 cm³/mol. The highest BCUT2D eigenvalue weighted by molar-refractivity contribution is 7.79. The standard InChI is InChI=1S/C31H32N2O4P2/c34-30(21-23-38(36,26-13-5-1-6-14-26)27-15-7-2-8-16-27)32-25-33-31(35)22-24-39(37,28-17-9-3-10-18-28)29-19-11-4-12-20-29/h1-20H,21-25H2,(H,32,34)(H,33,35). The van der Waals surface area contributed by atoms with Crippen LogP contribution in [0, 0.1) is 0 Å². The van der Waals surface area contributed by atoms with Crippen LogP contribution in [0.5, 0.6) is 0 Å². The minimum absolute atomic E-state index is 0.0498. The van der Waals surface area contributed by atoms with Crippen molar-refractivity contribution in [2.45, 2.75) is 12.8 Å². The molecule has 0 aromatic heterocycles. The van der Waals surface area contributed by atoms with E-state index in [-0.39, 0.29) is 43.6 Å². The molecular weight excluding hydrogens is 526 g/mol. The summed E-state index contributed by atoms with van der Waals surface area (Å²) in [6.45, 7) is -0.0559. The number of carbonyl (C=O) groups is 2. The number of benzene rings is 4. The maximum atomic E-state index is 14.0. The first-order valence-electron chi connectivity index (χ1n) is 12.9. The molecule has 4 aromatic carbocycles. The summed E-state index contributed by atoms with van der Waals surface area (Å²) < 4.78 is 28.1. The smallest absolute Gasteiger partial charge is 0.221 e. The fourth-order valence-corrected chi connectivity index (χ4v) is 9.71. The molecule has 0 radical (unpaired) electrons. The molecule has 0 aliphatic rings. The highest BCUT2D eigenvalue weighted by atomic mass is 31.2. The highest BCUT2D eigenvalue weighted by Gasteiger charge is 2.29. The van der Waals surface area contributed by atoms with Crippen LogP contribution in [0.4, 0.5) is 0 Å². The molecule has 0 saturated carbocycles. The summed E-state index contributed by atoms with van der Waals surface area (Å²) in [5.41, 5.74) is 0. The first kappa shape index (κ1) is 28.3. The number of rotatable bonds is 12. The van der Waals surface area contributed by atoms with Crippen LogP contribution < -0.4 is 31.9 Å². The van der Waals surface area contributed by atoms with Crippen molar-refractivity contribution in [2.24, 2.45) is 0 Å². The Morgan fingerprint density at radius 3 is 0.974 bits per heavy atom. The Balaban J connectivity index is 1.31. The monoisotopic (exact) mass is 558 g/mol. The molecule has 200 valence electrons. The van der Waals surface area contributed by atoms with Gasteiger partial charge in [-0.15, -0.1) is 0 Å². The van der Waals surface area contributed by atoms with Crippen LogP contribution in [0.3, 0.4) is 0 Å². The van der Waals surface area contributed by atoms with Gasteiger partial charge >= 0.3 is 0 Å². The van der Waals surface area contributed by atoms with Gasteiger partial charge in [0.25, 0.3) is 0 Å². The first-order valence-corrected chi connectivity index (χ1v) is 16.6. The Morgan fingerprint density at radius 1 is 0.462 bits per heavy atom. The van der Waals surface area contributed by atoms with Crippen LogP contribution in [-0.4, -0.2) is 30.8 Å². The van der Waals surface area contributed by atoms with Crippen LogP contribution in [0.25, 0.3) is 0 Å². The Hall–Kier alpha value is -3.72. The predicted octanol–water partition coefficient (Wildman–Crippen LogP) is 3.98. The van der Waals surface area contributed by atoms with E-state index >= 15 is 0 Å². The highest BCUT2D eigenvalue weighted by Crippen LogP contribution is 2.44. The summed E-state index contributed by atoms with van der Waals surface area (Å²) in [5, 5.41) is 8.21. The van der Waals surface area contributed by atoms with Crippen molar-refractivity contribution in [3.63, 3.8) is 0 Å². The Morgan fingerprint density at radius 2 is 0.718 bits per heavy atom. The minimum Gasteiger partial charge on any atom is -0.339 e. The molecule has 0 atom stereocenters. The zero-order valence-corrected chi connectivity index (χ0v) is 23.4. The van der Waals surface area contributed by atoms with Gasteiger partial charge in [0.2, 0.25) is 11.8 Å². The van der Waals surface area contributed by atoms with Crippen molar-refractivity contribution in [3.8, 4) is 0 Å². The van der Waals surface area contributed by atoms with E-state index in [0.29, 0.717) is 21.2 Å². The third kappa shape index (κ3) is 7.23. The van der Waals surface area contributed by atoms with Gasteiger partial charge in [-0.25, -0.2) is 0 Å². The van der Waals surface area contributed by atoms with Gasteiger partial charge in [0.15, 0.2) is 0 Å². The van der Waals surface area contributed by atoms with Gasteiger partial charge in [0.1, 0.15) is 14.3 Å². The molecule has 0 spiro atoms. The van der Waals surface area contributed by atoms with Crippen LogP contribution in [0.1, 0.15) is 12.8 Å². The van der Waals surface area contributed by atoms with Crippen LogP contribution >= 0.6 is 14.3 Å². The second-order valence-corrected chi connectivity index (χ2v) is 15.1. The lowest BCUT2D eigenvalue weighted by atomic mass is 10.4. The zero-order valence-electron chi connectivity index (χ0n) is 21.6. The second-order valence-electron chi connectivity index (χ2n) is 9.15. The molecule has 0 fully saturated rings. The van der Waals surface area contributed by atoms with E-state index in [1.54, 1.807) is 0 Å². The lowest BCUT2D eigenvalue weighted by Gasteiger charge is -2.20. The van der Waals surface area contributed by atoms with Gasteiger partial charge in [-0.1, -0.05) is 121 Å². The number of hydrogen-bond acceptors (Lipinski definition) is 4. The van der Waals surface area contributed by atoms with E-state index < -0.39 is 14.3 Å². The van der Waals surface area contributed by atoms with Crippen molar-refractivity contribution in [1.82, 2.24) is 10.6 Å². The van der Waals surface area contributed by atoms with Crippen molar-refractivity contribution < 1.29 is 18.7 Å². The summed E-state index contributed by atoms with van der Waals surface area (Å²) in [4.78, 5) is 25.2. The molecule has 0 saturated heterocycles. The summed E-state index contributed by atoms with van der Waals surface area (Å²) >= 11 is 0. The molecular formula is C31H32N2O4P2. The van der Waals surface area contributed by atoms with E-state index in [2.05, 4.69) is 10.6 Å². The normalized spacial score (nSPS) is 11.5. The molecule has 8 heteroatoms. The topological polar surface area (TPSA) is 92.3 Å². The molecule has 4 rings (SSSR count). The molecule has 0 unspecified atom stereocenters. The van der Waals surface area contributed by atoms with Gasteiger partial charge in [-0.2, -0.15) is 0 Å². The molecule has 4 aromatic rings. The van der Waals surface area contributed by atoms with Crippen molar-refractivity contribution in [2.75, 3.05) is 19.0 Å². The molecule has 0 heterocycles. The molecule has 0 aliphatic heterocycles. The van der Waals surface area contributed by atoms with Gasteiger partial charge in [0, 0.05) is 46.4 Å². The van der Waals surface area contributed by atoms with Gasteiger partial charge in [-0.05, 0) is 0 Å². The third-order valence-electron chi connectivity index (χ3n) is 6.57. The van der Waals surface area contributed by atoms with Gasteiger partial charge in [-0.3, -0.25) is 9.59 Å². The first-order chi connectivity index (χ1) is 18.9. The largest absolute Gasteiger partial charge is 0.339 e. The summed E-state index contributed by atoms with van der Waals surface area (Å²) in [5.74, 6) is -0.608. The fourth-order valence-electron chi connectivity index (χ4n) is 4.43. The zero-order chi connectivity index (χ0) is 27.6. The quantitative estimate of drug-likeness (QED) is 0.203.